The Morgan fingerprint density at radius 2 is 1.60 bits per heavy atom. The number of alkyl halides is 3. The Kier molecular flexibility index (Phi) is 7.53. The zero-order valence-electron chi connectivity index (χ0n) is 16.6. The van der Waals surface area contributed by atoms with Gasteiger partial charge in [0.2, 0.25) is 0 Å². The molecule has 0 radical (unpaired) electrons. The standard InChI is InChI=1S/C21H26F3N5O/c22-21(23,24)30-19-9-5-4-8-18(19)27-20(25)26-10-11-28-12-14-29(15-13-28)16-17-6-2-1-3-7-17/h1-9H,10-16H2,(H3,25,26,27). The molecule has 1 aliphatic heterocycles. The molecule has 0 spiro atoms. The number of nitrogens with one attached hydrogen (secondary N) is 1. The third-order valence-electron chi connectivity index (χ3n) is 4.79. The Morgan fingerprint density at radius 3 is 2.30 bits per heavy atom. The number of ether oxygens (including phenoxy) is 1. The Labute approximate surface area is 174 Å². The molecule has 0 unspecified atom stereocenters. The summed E-state index contributed by atoms with van der Waals surface area (Å²) < 4.78 is 41.5. The van der Waals surface area contributed by atoms with E-state index in [1.807, 2.05) is 6.07 Å². The minimum atomic E-state index is -4.77. The predicted molar refractivity (Wildman–Crippen MR) is 111 cm³/mol. The van der Waals surface area contributed by atoms with Gasteiger partial charge < -0.3 is 15.8 Å². The number of para-hydroxylation sites is 2. The zero-order chi connectivity index (χ0) is 21.4. The molecule has 6 nitrogen and oxygen atoms in total. The van der Waals surface area contributed by atoms with Crippen molar-refractivity contribution in [3.05, 3.63) is 60.2 Å². The van der Waals surface area contributed by atoms with E-state index in [1.54, 1.807) is 6.07 Å². The summed E-state index contributed by atoms with van der Waals surface area (Å²) in [6, 6.07) is 16.1. The maximum absolute atomic E-state index is 12.5. The van der Waals surface area contributed by atoms with Crippen LogP contribution in [0.1, 0.15) is 5.56 Å². The first-order valence-corrected chi connectivity index (χ1v) is 9.79. The topological polar surface area (TPSA) is 66.1 Å². The van der Waals surface area contributed by atoms with Gasteiger partial charge in [-0.1, -0.05) is 42.5 Å². The number of aliphatic imine (C=N–C) groups is 1. The smallest absolute Gasteiger partial charge is 0.404 e. The van der Waals surface area contributed by atoms with Gasteiger partial charge >= 0.3 is 6.36 Å². The molecule has 30 heavy (non-hydrogen) atoms. The van der Waals surface area contributed by atoms with Crippen LogP contribution in [0.15, 0.2) is 59.6 Å². The quantitative estimate of drug-likeness (QED) is 0.531. The average Bonchev–Trinajstić information content (AvgIpc) is 2.70. The highest BCUT2D eigenvalue weighted by atomic mass is 19.4. The summed E-state index contributed by atoms with van der Waals surface area (Å²) in [5.74, 6) is -0.298. The lowest BCUT2D eigenvalue weighted by atomic mass is 10.2. The molecule has 0 atom stereocenters. The molecule has 0 amide bonds. The van der Waals surface area contributed by atoms with Crippen LogP contribution in [0.3, 0.4) is 0 Å². The molecule has 1 fully saturated rings. The fraction of sp³-hybridized carbons (Fsp3) is 0.381. The number of benzene rings is 2. The monoisotopic (exact) mass is 421 g/mol. The number of rotatable bonds is 7. The Morgan fingerprint density at radius 1 is 0.967 bits per heavy atom. The van der Waals surface area contributed by atoms with Gasteiger partial charge in [0, 0.05) is 39.3 Å². The highest BCUT2D eigenvalue weighted by Crippen LogP contribution is 2.29. The van der Waals surface area contributed by atoms with E-state index < -0.39 is 6.36 Å². The van der Waals surface area contributed by atoms with Gasteiger partial charge in [0.25, 0.3) is 0 Å². The van der Waals surface area contributed by atoms with Crippen molar-refractivity contribution in [2.45, 2.75) is 12.9 Å². The van der Waals surface area contributed by atoms with Crippen LogP contribution in [-0.2, 0) is 6.54 Å². The second kappa shape index (κ2) is 10.3. The first kappa shape index (κ1) is 21.9. The van der Waals surface area contributed by atoms with E-state index in [0.717, 1.165) is 39.3 Å². The number of halogens is 3. The largest absolute Gasteiger partial charge is 0.573 e. The summed E-state index contributed by atoms with van der Waals surface area (Å²) in [6.07, 6.45) is -4.77. The lowest BCUT2D eigenvalue weighted by molar-refractivity contribution is -0.274. The minimum absolute atomic E-state index is 0.0518. The van der Waals surface area contributed by atoms with E-state index >= 15 is 0 Å². The molecule has 3 N–H and O–H groups in total. The van der Waals surface area contributed by atoms with Crippen molar-refractivity contribution in [3.8, 4) is 5.75 Å². The van der Waals surface area contributed by atoms with Crippen LogP contribution < -0.4 is 15.8 Å². The van der Waals surface area contributed by atoms with Gasteiger partial charge in [-0.25, -0.2) is 0 Å². The van der Waals surface area contributed by atoms with Crippen LogP contribution in [0.25, 0.3) is 0 Å². The second-order valence-corrected chi connectivity index (χ2v) is 7.04. The highest BCUT2D eigenvalue weighted by Gasteiger charge is 2.32. The third kappa shape index (κ3) is 7.23. The number of hydrogen-bond donors (Lipinski definition) is 2. The molecule has 162 valence electrons. The Bertz CT molecular complexity index is 821. The molecule has 2 aromatic rings. The summed E-state index contributed by atoms with van der Waals surface area (Å²) in [4.78, 5) is 8.95. The highest BCUT2D eigenvalue weighted by molar-refractivity contribution is 5.93. The summed E-state index contributed by atoms with van der Waals surface area (Å²) in [5.41, 5.74) is 7.26. The van der Waals surface area contributed by atoms with Gasteiger partial charge in [0.1, 0.15) is 0 Å². The number of piperazine rings is 1. The fourth-order valence-corrected chi connectivity index (χ4v) is 3.29. The molecule has 1 heterocycles. The molecule has 0 saturated carbocycles. The maximum atomic E-state index is 12.5. The van der Waals surface area contributed by atoms with E-state index in [-0.39, 0.29) is 17.4 Å². The first-order valence-electron chi connectivity index (χ1n) is 9.79. The number of guanidine groups is 1. The van der Waals surface area contributed by atoms with Crippen molar-refractivity contribution in [3.63, 3.8) is 0 Å². The summed E-state index contributed by atoms with van der Waals surface area (Å²) in [6.45, 7) is 5.99. The molecule has 2 aromatic carbocycles. The van der Waals surface area contributed by atoms with Crippen molar-refractivity contribution in [1.29, 1.82) is 0 Å². The third-order valence-corrected chi connectivity index (χ3v) is 4.79. The molecule has 0 aromatic heterocycles. The van der Waals surface area contributed by atoms with Gasteiger partial charge in [0.05, 0.1) is 12.2 Å². The van der Waals surface area contributed by atoms with Crippen molar-refractivity contribution >= 4 is 11.6 Å². The predicted octanol–water partition coefficient (Wildman–Crippen LogP) is 3.13. The zero-order valence-corrected chi connectivity index (χ0v) is 16.6. The van der Waals surface area contributed by atoms with E-state index in [4.69, 9.17) is 5.73 Å². The first-order chi connectivity index (χ1) is 14.4. The molecule has 0 bridgehead atoms. The molecule has 9 heteroatoms. The average molecular weight is 421 g/mol. The lowest BCUT2D eigenvalue weighted by Crippen LogP contribution is -2.46. The minimum Gasteiger partial charge on any atom is -0.404 e. The van der Waals surface area contributed by atoms with Crippen LogP contribution in [0, 0.1) is 0 Å². The summed E-state index contributed by atoms with van der Waals surface area (Å²) in [5, 5.41) is 2.68. The summed E-state index contributed by atoms with van der Waals surface area (Å²) in [7, 11) is 0. The SMILES string of the molecule is NC(=NCCN1CCN(Cc2ccccc2)CC1)Nc1ccccc1OC(F)(F)F. The second-order valence-electron chi connectivity index (χ2n) is 7.04. The normalized spacial score (nSPS) is 16.4. The number of nitrogens with two attached hydrogens (primary N) is 1. The molecular weight excluding hydrogens is 395 g/mol. The van der Waals surface area contributed by atoms with Gasteiger partial charge in [0.15, 0.2) is 11.7 Å². The van der Waals surface area contributed by atoms with Crippen LogP contribution >= 0.6 is 0 Å². The number of anilines is 1. The molecule has 1 aliphatic rings. The van der Waals surface area contributed by atoms with Gasteiger partial charge in [-0.3, -0.25) is 14.8 Å². The van der Waals surface area contributed by atoms with Crippen molar-refractivity contribution in [2.75, 3.05) is 44.6 Å². The summed E-state index contributed by atoms with van der Waals surface area (Å²) >= 11 is 0. The fourth-order valence-electron chi connectivity index (χ4n) is 3.29. The number of hydrogen-bond acceptors (Lipinski definition) is 4. The number of nitrogens with zero attached hydrogens (tertiary/aromatic N) is 3. The lowest BCUT2D eigenvalue weighted by Gasteiger charge is -2.34. The van der Waals surface area contributed by atoms with Crippen LogP contribution in [0.2, 0.25) is 0 Å². The molecular formula is C21H26F3N5O. The van der Waals surface area contributed by atoms with Crippen LogP contribution in [0.5, 0.6) is 5.75 Å². The maximum Gasteiger partial charge on any atom is 0.573 e. The van der Waals surface area contributed by atoms with E-state index in [2.05, 4.69) is 49.1 Å². The molecule has 3 rings (SSSR count). The van der Waals surface area contributed by atoms with Gasteiger partial charge in [-0.15, -0.1) is 13.2 Å². The Hall–Kier alpha value is -2.78. The van der Waals surface area contributed by atoms with Gasteiger partial charge in [-0.05, 0) is 17.7 Å². The van der Waals surface area contributed by atoms with Crippen molar-refractivity contribution in [1.82, 2.24) is 9.80 Å². The van der Waals surface area contributed by atoms with Gasteiger partial charge in [-0.2, -0.15) is 0 Å². The van der Waals surface area contributed by atoms with E-state index in [9.17, 15) is 13.2 Å². The van der Waals surface area contributed by atoms with Crippen molar-refractivity contribution in [2.24, 2.45) is 10.7 Å². The molecule has 1 saturated heterocycles. The Balaban J connectivity index is 1.42. The van der Waals surface area contributed by atoms with E-state index in [1.165, 1.54) is 23.8 Å². The van der Waals surface area contributed by atoms with E-state index in [0.29, 0.717) is 6.54 Å². The van der Waals surface area contributed by atoms with Crippen LogP contribution in [0.4, 0.5) is 18.9 Å². The molecule has 0 aliphatic carbocycles. The van der Waals surface area contributed by atoms with Crippen molar-refractivity contribution < 1.29 is 17.9 Å². The van der Waals surface area contributed by atoms with Crippen LogP contribution in [-0.4, -0.2) is 61.4 Å².